The van der Waals surface area contributed by atoms with Gasteiger partial charge in [-0.2, -0.15) is 8.42 Å². The first-order valence-electron chi connectivity index (χ1n) is 10.3. The molecule has 1 unspecified atom stereocenters. The van der Waals surface area contributed by atoms with Crippen molar-refractivity contribution in [2.24, 2.45) is 4.40 Å². The first kappa shape index (κ1) is 21.1. The van der Waals surface area contributed by atoms with Crippen LogP contribution in [0.5, 0.6) is 0 Å². The summed E-state index contributed by atoms with van der Waals surface area (Å²) < 4.78 is 29.3. The van der Waals surface area contributed by atoms with Crippen molar-refractivity contribution < 1.29 is 13.2 Å². The Balaban J connectivity index is 1.37. The number of hydrogen-bond donors (Lipinski definition) is 2. The normalized spacial score (nSPS) is 20.3. The molecule has 31 heavy (non-hydrogen) atoms. The smallest absolute Gasteiger partial charge is 0.319 e. The minimum absolute atomic E-state index is 0.0155. The Labute approximate surface area is 182 Å². The van der Waals surface area contributed by atoms with E-state index < -0.39 is 10.0 Å². The van der Waals surface area contributed by atoms with Gasteiger partial charge in [0.05, 0.1) is 4.90 Å². The van der Waals surface area contributed by atoms with Crippen molar-refractivity contribution >= 4 is 33.4 Å². The zero-order chi connectivity index (χ0) is 21.8. The number of anilines is 2. The summed E-state index contributed by atoms with van der Waals surface area (Å²) in [6.45, 7) is 2.28. The molecule has 3 heterocycles. The molecule has 0 bridgehead atoms. The van der Waals surface area contributed by atoms with Gasteiger partial charge in [0.15, 0.2) is 0 Å². The summed E-state index contributed by atoms with van der Waals surface area (Å²) in [7, 11) is -2.00. The second-order valence-corrected chi connectivity index (χ2v) is 9.36. The summed E-state index contributed by atoms with van der Waals surface area (Å²) in [4.78, 5) is 20.8. The van der Waals surface area contributed by atoms with Gasteiger partial charge in [0, 0.05) is 51.0 Å². The van der Waals surface area contributed by atoms with E-state index in [-0.39, 0.29) is 17.0 Å². The van der Waals surface area contributed by atoms with Crippen molar-refractivity contribution in [3.63, 3.8) is 0 Å². The Kier molecular flexibility index (Phi) is 6.08. The lowest BCUT2D eigenvalue weighted by Gasteiger charge is -2.18. The largest absolute Gasteiger partial charge is 0.362 e. The van der Waals surface area contributed by atoms with Crippen molar-refractivity contribution in [3.8, 4) is 0 Å². The van der Waals surface area contributed by atoms with Crippen molar-refractivity contribution in [1.29, 1.82) is 0 Å². The highest BCUT2D eigenvalue weighted by Crippen LogP contribution is 2.21. The molecule has 4 rings (SSSR count). The van der Waals surface area contributed by atoms with Gasteiger partial charge in [0.1, 0.15) is 11.7 Å². The standard InChI is InChI=1S/C21H26N6O3S/c1-26-12-5-9-20(26)25-31(29,30)18-7-4-6-16(14-18)23-21(28)24-17-10-13-27(15-17)19-8-2-3-11-22-19/h2-4,6-8,11,14,17H,5,9-10,12-13,15H2,1H3,(H2,23,24,28)/b25-20+. The number of hydrogen-bond acceptors (Lipinski definition) is 5. The Morgan fingerprint density at radius 3 is 2.81 bits per heavy atom. The number of sulfonamides is 1. The number of amidine groups is 1. The van der Waals surface area contributed by atoms with Crippen molar-refractivity contribution in [1.82, 2.24) is 15.2 Å². The van der Waals surface area contributed by atoms with Gasteiger partial charge in [-0.1, -0.05) is 12.1 Å². The van der Waals surface area contributed by atoms with E-state index in [1.165, 1.54) is 12.1 Å². The number of benzene rings is 1. The molecule has 2 N–H and O–H groups in total. The van der Waals surface area contributed by atoms with Crippen LogP contribution >= 0.6 is 0 Å². The van der Waals surface area contributed by atoms with E-state index in [2.05, 4.69) is 24.9 Å². The van der Waals surface area contributed by atoms with Crippen LogP contribution in [0.1, 0.15) is 19.3 Å². The van der Waals surface area contributed by atoms with Gasteiger partial charge in [0.2, 0.25) is 0 Å². The van der Waals surface area contributed by atoms with Crippen LogP contribution in [-0.4, -0.2) is 62.9 Å². The number of nitrogens with one attached hydrogen (secondary N) is 2. The molecule has 0 saturated carbocycles. The first-order chi connectivity index (χ1) is 14.9. The highest BCUT2D eigenvalue weighted by Gasteiger charge is 2.25. The number of carbonyl (C=O) groups is 1. The van der Waals surface area contributed by atoms with E-state index in [9.17, 15) is 13.2 Å². The van der Waals surface area contributed by atoms with Crippen molar-refractivity contribution in [2.75, 3.05) is 36.9 Å². The van der Waals surface area contributed by atoms with E-state index in [1.54, 1.807) is 18.3 Å². The van der Waals surface area contributed by atoms with Crippen LogP contribution in [0.4, 0.5) is 16.3 Å². The van der Waals surface area contributed by atoms with Crippen LogP contribution in [0.3, 0.4) is 0 Å². The Bertz CT molecular complexity index is 1070. The summed E-state index contributed by atoms with van der Waals surface area (Å²) in [6, 6.07) is 11.5. The van der Waals surface area contributed by atoms with Gasteiger partial charge >= 0.3 is 6.03 Å². The van der Waals surface area contributed by atoms with E-state index >= 15 is 0 Å². The number of urea groups is 1. The third-order valence-corrected chi connectivity index (χ3v) is 6.75. The first-order valence-corrected chi connectivity index (χ1v) is 11.7. The zero-order valence-electron chi connectivity index (χ0n) is 17.4. The van der Waals surface area contributed by atoms with Gasteiger partial charge in [0.25, 0.3) is 10.0 Å². The minimum atomic E-state index is -3.83. The molecule has 2 aliphatic rings. The maximum Gasteiger partial charge on any atom is 0.319 e. The van der Waals surface area contributed by atoms with Crippen LogP contribution in [-0.2, 0) is 10.0 Å². The Hall–Kier alpha value is -3.14. The molecule has 9 nitrogen and oxygen atoms in total. The molecule has 1 atom stereocenters. The summed E-state index contributed by atoms with van der Waals surface area (Å²) >= 11 is 0. The van der Waals surface area contributed by atoms with Crippen LogP contribution in [0.2, 0.25) is 0 Å². The second kappa shape index (κ2) is 8.93. The van der Waals surface area contributed by atoms with Crippen molar-refractivity contribution in [2.45, 2.75) is 30.2 Å². The number of carbonyl (C=O) groups excluding carboxylic acids is 1. The molecule has 0 aliphatic carbocycles. The molecule has 0 radical (unpaired) electrons. The topological polar surface area (TPSA) is 107 Å². The van der Waals surface area contributed by atoms with Crippen LogP contribution in [0, 0.1) is 0 Å². The monoisotopic (exact) mass is 442 g/mol. The third-order valence-electron chi connectivity index (χ3n) is 5.45. The van der Waals surface area contributed by atoms with Gasteiger partial charge in [-0.3, -0.25) is 0 Å². The predicted molar refractivity (Wildman–Crippen MR) is 120 cm³/mol. The predicted octanol–water partition coefficient (Wildman–Crippen LogP) is 2.29. The highest BCUT2D eigenvalue weighted by molar-refractivity contribution is 7.90. The van der Waals surface area contributed by atoms with Gasteiger partial charge in [-0.15, -0.1) is 4.40 Å². The molecular formula is C21H26N6O3S. The lowest BCUT2D eigenvalue weighted by atomic mass is 10.3. The number of likely N-dealkylation sites (tertiary alicyclic amines) is 1. The van der Waals surface area contributed by atoms with Gasteiger partial charge in [-0.25, -0.2) is 9.78 Å². The highest BCUT2D eigenvalue weighted by atomic mass is 32.2. The van der Waals surface area contributed by atoms with E-state index in [0.29, 0.717) is 24.5 Å². The Morgan fingerprint density at radius 2 is 2.06 bits per heavy atom. The molecule has 164 valence electrons. The van der Waals surface area contributed by atoms with Gasteiger partial charge < -0.3 is 20.4 Å². The zero-order valence-corrected chi connectivity index (χ0v) is 18.2. The fourth-order valence-electron chi connectivity index (χ4n) is 3.81. The number of amides is 2. The van der Waals surface area contributed by atoms with E-state index in [4.69, 9.17) is 0 Å². The number of aromatic nitrogens is 1. The number of rotatable bonds is 5. The molecule has 10 heteroatoms. The summed E-state index contributed by atoms with van der Waals surface area (Å²) in [5, 5.41) is 5.68. The average molecular weight is 443 g/mol. The lowest BCUT2D eigenvalue weighted by molar-refractivity contribution is 0.249. The van der Waals surface area contributed by atoms with E-state index in [0.717, 1.165) is 31.7 Å². The molecule has 2 amide bonds. The maximum atomic E-state index is 12.7. The quantitative estimate of drug-likeness (QED) is 0.736. The number of nitrogens with zero attached hydrogens (tertiary/aromatic N) is 4. The Morgan fingerprint density at radius 1 is 1.19 bits per heavy atom. The van der Waals surface area contributed by atoms with Crippen LogP contribution in [0.25, 0.3) is 0 Å². The fourth-order valence-corrected chi connectivity index (χ4v) is 4.95. The fraction of sp³-hybridized carbons (Fsp3) is 0.381. The van der Waals surface area contributed by atoms with Gasteiger partial charge in [-0.05, 0) is 43.2 Å². The second-order valence-electron chi connectivity index (χ2n) is 7.75. The summed E-state index contributed by atoms with van der Waals surface area (Å²) in [5.41, 5.74) is 0.401. The molecule has 1 aromatic carbocycles. The summed E-state index contributed by atoms with van der Waals surface area (Å²) in [5.74, 6) is 1.45. The SMILES string of the molecule is CN1CCC/C1=N\S(=O)(=O)c1cccc(NC(=O)NC2CCN(c3ccccn3)C2)c1. The summed E-state index contributed by atoms with van der Waals surface area (Å²) in [6.07, 6.45) is 4.10. The maximum absolute atomic E-state index is 12.7. The average Bonchev–Trinajstić information content (AvgIpc) is 3.38. The van der Waals surface area contributed by atoms with Crippen LogP contribution < -0.4 is 15.5 Å². The molecule has 2 aromatic rings. The molecule has 2 fully saturated rings. The minimum Gasteiger partial charge on any atom is -0.362 e. The lowest BCUT2D eigenvalue weighted by Crippen LogP contribution is -2.39. The molecule has 0 spiro atoms. The molecule has 2 aliphatic heterocycles. The number of pyridine rings is 1. The van der Waals surface area contributed by atoms with Crippen molar-refractivity contribution in [3.05, 3.63) is 48.7 Å². The molecule has 2 saturated heterocycles. The van der Waals surface area contributed by atoms with E-state index in [1.807, 2.05) is 30.1 Å². The molecule has 1 aromatic heterocycles. The van der Waals surface area contributed by atoms with Crippen LogP contribution in [0.15, 0.2) is 58.0 Å². The molecular weight excluding hydrogens is 416 g/mol. The third kappa shape index (κ3) is 5.13.